The summed E-state index contributed by atoms with van der Waals surface area (Å²) in [5.41, 5.74) is 0.686. The highest BCUT2D eigenvalue weighted by Crippen LogP contribution is 2.34. The summed E-state index contributed by atoms with van der Waals surface area (Å²) in [6.07, 6.45) is 2.14. The molecular formula is C19H23NO6S. The van der Waals surface area contributed by atoms with Crippen LogP contribution in [0.15, 0.2) is 23.1 Å². The number of hydrogen-bond acceptors (Lipinski definition) is 7. The molecule has 1 aliphatic heterocycles. The molecule has 0 bridgehead atoms. The van der Waals surface area contributed by atoms with Crippen LogP contribution in [-0.4, -0.2) is 48.4 Å². The Kier molecular flexibility index (Phi) is 7.29. The molecule has 0 unspecified atom stereocenters. The van der Waals surface area contributed by atoms with Gasteiger partial charge in [-0.2, -0.15) is 0 Å². The number of ether oxygens (including phenoxy) is 3. The molecule has 1 aromatic carbocycles. The minimum atomic E-state index is -0.472. The molecule has 1 fully saturated rings. The molecule has 1 heterocycles. The van der Waals surface area contributed by atoms with Crippen LogP contribution in [0.25, 0.3) is 6.08 Å². The van der Waals surface area contributed by atoms with Gasteiger partial charge in [-0.15, -0.1) is 0 Å². The van der Waals surface area contributed by atoms with E-state index in [4.69, 9.17) is 14.2 Å². The maximum absolute atomic E-state index is 12.3. The molecule has 2 amide bonds. The van der Waals surface area contributed by atoms with Crippen molar-refractivity contribution in [2.75, 3.05) is 20.3 Å². The van der Waals surface area contributed by atoms with E-state index in [1.165, 1.54) is 12.0 Å². The first-order valence-corrected chi connectivity index (χ1v) is 9.43. The lowest BCUT2D eigenvalue weighted by Crippen LogP contribution is -2.28. The van der Waals surface area contributed by atoms with Crippen molar-refractivity contribution in [1.82, 2.24) is 4.90 Å². The van der Waals surface area contributed by atoms with Gasteiger partial charge < -0.3 is 14.2 Å². The minimum absolute atomic E-state index is 0.214. The molecule has 1 aromatic rings. The van der Waals surface area contributed by atoms with Gasteiger partial charge >= 0.3 is 5.97 Å². The maximum atomic E-state index is 12.3. The fraction of sp³-hybridized carbons (Fsp3) is 0.421. The molecule has 8 heteroatoms. The van der Waals surface area contributed by atoms with Gasteiger partial charge in [0.05, 0.1) is 18.1 Å². The first-order valence-electron chi connectivity index (χ1n) is 8.61. The summed E-state index contributed by atoms with van der Waals surface area (Å²) in [5.74, 6) is 0.0339. The molecular weight excluding hydrogens is 370 g/mol. The lowest BCUT2D eigenvalue weighted by Gasteiger charge is -2.12. The van der Waals surface area contributed by atoms with Crippen LogP contribution in [0.4, 0.5) is 4.79 Å². The van der Waals surface area contributed by atoms with E-state index in [-0.39, 0.29) is 23.9 Å². The number of hydrogen-bond donors (Lipinski definition) is 0. The Balaban J connectivity index is 2.13. The number of esters is 1. The van der Waals surface area contributed by atoms with Crippen LogP contribution < -0.4 is 9.47 Å². The van der Waals surface area contributed by atoms with Crippen molar-refractivity contribution in [3.63, 3.8) is 0 Å². The van der Waals surface area contributed by atoms with Crippen molar-refractivity contribution in [1.29, 1.82) is 0 Å². The monoisotopic (exact) mass is 393 g/mol. The quantitative estimate of drug-likeness (QED) is 0.494. The maximum Gasteiger partial charge on any atom is 0.344 e. The van der Waals surface area contributed by atoms with Crippen molar-refractivity contribution in [3.05, 3.63) is 28.7 Å². The standard InChI is InChI=1S/C19H23NO6S/c1-5-8-20-18(22)16(27-19(20)23)10-13-6-7-14(15(9-13)24-4)25-11-17(21)26-12(2)3/h6-7,9-10,12H,5,8,11H2,1-4H3/b16-10-. The van der Waals surface area contributed by atoms with E-state index in [1.807, 2.05) is 6.92 Å². The number of nitrogens with zero attached hydrogens (tertiary/aromatic N) is 1. The van der Waals surface area contributed by atoms with Crippen molar-refractivity contribution in [2.45, 2.75) is 33.3 Å². The fourth-order valence-electron chi connectivity index (χ4n) is 2.39. The van der Waals surface area contributed by atoms with E-state index >= 15 is 0 Å². The summed E-state index contributed by atoms with van der Waals surface area (Å²) in [5, 5.41) is -0.260. The van der Waals surface area contributed by atoms with Gasteiger partial charge in [0.1, 0.15) is 0 Å². The predicted octanol–water partition coefficient (Wildman–Crippen LogP) is 3.47. The molecule has 0 aromatic heterocycles. The lowest BCUT2D eigenvalue weighted by molar-refractivity contribution is -0.149. The Morgan fingerprint density at radius 2 is 2.00 bits per heavy atom. The first kappa shape index (κ1) is 20.8. The molecule has 1 saturated heterocycles. The zero-order valence-electron chi connectivity index (χ0n) is 15.8. The van der Waals surface area contributed by atoms with Crippen molar-refractivity contribution >= 4 is 35.0 Å². The second kappa shape index (κ2) is 9.45. The lowest BCUT2D eigenvalue weighted by atomic mass is 10.2. The Morgan fingerprint density at radius 3 is 2.63 bits per heavy atom. The highest BCUT2D eigenvalue weighted by molar-refractivity contribution is 8.18. The van der Waals surface area contributed by atoms with Gasteiger partial charge in [0.2, 0.25) is 0 Å². The van der Waals surface area contributed by atoms with Crippen LogP contribution in [0.5, 0.6) is 11.5 Å². The zero-order chi connectivity index (χ0) is 20.0. The third-order valence-corrected chi connectivity index (χ3v) is 4.43. The number of imide groups is 1. The first-order chi connectivity index (χ1) is 12.8. The molecule has 2 rings (SSSR count). The molecule has 0 spiro atoms. The molecule has 0 atom stereocenters. The van der Waals surface area contributed by atoms with Crippen LogP contribution in [0, 0.1) is 0 Å². The predicted molar refractivity (Wildman–Crippen MR) is 103 cm³/mol. The fourth-order valence-corrected chi connectivity index (χ4v) is 3.26. The Labute approximate surface area is 162 Å². The van der Waals surface area contributed by atoms with Gasteiger partial charge in [0, 0.05) is 6.54 Å². The third-order valence-electron chi connectivity index (χ3n) is 3.52. The van der Waals surface area contributed by atoms with Gasteiger partial charge in [0.25, 0.3) is 11.1 Å². The number of carbonyl (C=O) groups excluding carboxylic acids is 3. The topological polar surface area (TPSA) is 82.1 Å². The highest BCUT2D eigenvalue weighted by Gasteiger charge is 2.34. The summed E-state index contributed by atoms with van der Waals surface area (Å²) in [6, 6.07) is 5.04. The van der Waals surface area contributed by atoms with Crippen LogP contribution in [0.3, 0.4) is 0 Å². The molecule has 27 heavy (non-hydrogen) atoms. The van der Waals surface area contributed by atoms with Gasteiger partial charge in [-0.05, 0) is 55.8 Å². The third kappa shape index (κ3) is 5.50. The van der Waals surface area contributed by atoms with Crippen LogP contribution in [-0.2, 0) is 14.3 Å². The van der Waals surface area contributed by atoms with E-state index in [9.17, 15) is 14.4 Å². The number of rotatable bonds is 8. The van der Waals surface area contributed by atoms with Crippen molar-refractivity contribution in [2.24, 2.45) is 0 Å². The average Bonchev–Trinajstić information content (AvgIpc) is 2.87. The van der Waals surface area contributed by atoms with Crippen LogP contribution in [0.2, 0.25) is 0 Å². The average molecular weight is 393 g/mol. The largest absolute Gasteiger partial charge is 0.493 e. The number of thioether (sulfide) groups is 1. The van der Waals surface area contributed by atoms with Gasteiger partial charge in [-0.1, -0.05) is 13.0 Å². The Bertz CT molecular complexity index is 759. The molecule has 0 radical (unpaired) electrons. The van der Waals surface area contributed by atoms with Crippen molar-refractivity contribution < 1.29 is 28.6 Å². The summed E-state index contributed by atoms with van der Waals surface area (Å²) < 4.78 is 15.8. The van der Waals surface area contributed by atoms with E-state index < -0.39 is 5.97 Å². The number of amides is 2. The molecule has 7 nitrogen and oxygen atoms in total. The van der Waals surface area contributed by atoms with Gasteiger partial charge in [-0.3, -0.25) is 14.5 Å². The van der Waals surface area contributed by atoms with Crippen LogP contribution >= 0.6 is 11.8 Å². The van der Waals surface area contributed by atoms with Gasteiger partial charge in [0.15, 0.2) is 18.1 Å². The smallest absolute Gasteiger partial charge is 0.344 e. The van der Waals surface area contributed by atoms with Crippen molar-refractivity contribution in [3.8, 4) is 11.5 Å². The second-order valence-corrected chi connectivity index (χ2v) is 7.06. The summed E-state index contributed by atoms with van der Waals surface area (Å²) in [7, 11) is 1.48. The molecule has 0 saturated carbocycles. The number of methoxy groups -OCH3 is 1. The number of carbonyl (C=O) groups is 3. The Hall–Kier alpha value is -2.48. The summed E-state index contributed by atoms with van der Waals surface area (Å²) >= 11 is 0.919. The minimum Gasteiger partial charge on any atom is -0.493 e. The molecule has 0 aliphatic carbocycles. The van der Waals surface area contributed by atoms with E-state index in [0.29, 0.717) is 34.9 Å². The Morgan fingerprint density at radius 1 is 1.26 bits per heavy atom. The van der Waals surface area contributed by atoms with E-state index in [2.05, 4.69) is 0 Å². The van der Waals surface area contributed by atoms with Gasteiger partial charge in [-0.25, -0.2) is 4.79 Å². The molecule has 0 N–H and O–H groups in total. The van der Waals surface area contributed by atoms with E-state index in [0.717, 1.165) is 11.8 Å². The summed E-state index contributed by atoms with van der Waals surface area (Å²) in [6.45, 7) is 5.60. The second-order valence-electron chi connectivity index (χ2n) is 6.07. The van der Waals surface area contributed by atoms with E-state index in [1.54, 1.807) is 38.1 Å². The zero-order valence-corrected chi connectivity index (χ0v) is 16.6. The van der Waals surface area contributed by atoms with Crippen LogP contribution in [0.1, 0.15) is 32.8 Å². The number of benzene rings is 1. The normalized spacial score (nSPS) is 15.6. The SMILES string of the molecule is CCCN1C(=O)S/C(=C\c2ccc(OCC(=O)OC(C)C)c(OC)c2)C1=O. The highest BCUT2D eigenvalue weighted by atomic mass is 32.2. The molecule has 146 valence electrons. The summed E-state index contributed by atoms with van der Waals surface area (Å²) in [4.78, 5) is 37.4. The molecule has 1 aliphatic rings.